The van der Waals surface area contributed by atoms with Crippen LogP contribution in [0.2, 0.25) is 0 Å². The highest BCUT2D eigenvalue weighted by molar-refractivity contribution is 5.95. The Balaban J connectivity index is 1.84. The summed E-state index contributed by atoms with van der Waals surface area (Å²) in [6, 6.07) is 6.96. The quantitative estimate of drug-likeness (QED) is 0.547. The number of rotatable bonds is 5. The molecule has 0 bridgehead atoms. The van der Waals surface area contributed by atoms with E-state index in [2.05, 4.69) is 14.7 Å². The van der Waals surface area contributed by atoms with Gasteiger partial charge >= 0.3 is 12.5 Å². The van der Waals surface area contributed by atoms with Crippen LogP contribution in [-0.2, 0) is 0 Å². The molecule has 11 heteroatoms. The number of likely N-dealkylation sites (tertiary alicyclic amines) is 1. The molecule has 32 heavy (non-hydrogen) atoms. The molecule has 1 atom stereocenters. The number of aromatic nitrogens is 2. The molecule has 0 radical (unpaired) electrons. The molecular formula is C21H18F3N3O5. The molecule has 2 heterocycles. The highest BCUT2D eigenvalue weighted by Crippen LogP contribution is 2.40. The van der Waals surface area contributed by atoms with Gasteiger partial charge in [-0.1, -0.05) is 12.1 Å². The summed E-state index contributed by atoms with van der Waals surface area (Å²) in [4.78, 5) is 21.1. The Labute approximate surface area is 179 Å². The first kappa shape index (κ1) is 21.8. The summed E-state index contributed by atoms with van der Waals surface area (Å²) in [6.07, 6.45) is -4.27. The van der Waals surface area contributed by atoms with Gasteiger partial charge in [-0.15, -0.1) is 13.2 Å². The Morgan fingerprint density at radius 1 is 1.16 bits per heavy atom. The molecule has 0 spiro atoms. The van der Waals surface area contributed by atoms with Gasteiger partial charge in [0.1, 0.15) is 11.9 Å². The van der Waals surface area contributed by atoms with Gasteiger partial charge in [-0.2, -0.15) is 0 Å². The molecule has 4 rings (SSSR count). The zero-order valence-corrected chi connectivity index (χ0v) is 16.5. The number of nitrogens with zero attached hydrogens (tertiary/aromatic N) is 3. The third kappa shape index (κ3) is 4.16. The fourth-order valence-corrected chi connectivity index (χ4v) is 3.84. The summed E-state index contributed by atoms with van der Waals surface area (Å²) in [5.74, 6) is -0.624. The number of carbonyl (C=O) groups is 1. The topological polar surface area (TPSA) is 116 Å². The van der Waals surface area contributed by atoms with E-state index < -0.39 is 25.2 Å². The van der Waals surface area contributed by atoms with E-state index in [0.29, 0.717) is 33.3 Å². The fourth-order valence-electron chi connectivity index (χ4n) is 3.84. The van der Waals surface area contributed by atoms with Crippen molar-refractivity contribution in [2.24, 2.45) is 0 Å². The van der Waals surface area contributed by atoms with Crippen LogP contribution in [0.3, 0.4) is 0 Å². The molecule has 168 valence electrons. The molecule has 1 aliphatic rings. The maximum Gasteiger partial charge on any atom is 0.573 e. The van der Waals surface area contributed by atoms with Gasteiger partial charge in [0.25, 0.3) is 0 Å². The summed E-state index contributed by atoms with van der Waals surface area (Å²) < 4.78 is 41.3. The normalized spacial score (nSPS) is 15.5. The lowest BCUT2D eigenvalue weighted by Crippen LogP contribution is -2.48. The van der Waals surface area contributed by atoms with Crippen LogP contribution in [0.15, 0.2) is 42.7 Å². The molecule has 1 amide bonds. The van der Waals surface area contributed by atoms with E-state index in [1.165, 1.54) is 41.6 Å². The average molecular weight is 449 g/mol. The molecule has 8 nitrogen and oxygen atoms in total. The van der Waals surface area contributed by atoms with E-state index in [9.17, 15) is 28.2 Å². The van der Waals surface area contributed by atoms with Crippen molar-refractivity contribution in [2.75, 3.05) is 19.7 Å². The number of fused-ring (bicyclic) bond motifs is 1. The predicted octanol–water partition coefficient (Wildman–Crippen LogP) is 3.30. The molecule has 1 aromatic heterocycles. The first-order valence-corrected chi connectivity index (χ1v) is 9.58. The summed E-state index contributed by atoms with van der Waals surface area (Å²) >= 11 is 0. The fraction of sp³-hybridized carbons (Fsp3) is 0.286. The number of hydrogen-bond donors (Lipinski definition) is 3. The maximum atomic E-state index is 12.5. The van der Waals surface area contributed by atoms with Crippen molar-refractivity contribution in [1.82, 2.24) is 14.9 Å². The second kappa shape index (κ2) is 8.24. The lowest BCUT2D eigenvalue weighted by molar-refractivity contribution is -0.274. The zero-order valence-electron chi connectivity index (χ0n) is 16.5. The van der Waals surface area contributed by atoms with Gasteiger partial charge in [-0.25, -0.2) is 4.79 Å². The SMILES string of the molecule is O=C(O)N1CC(c2cc(-c3ccc(OC(F)(F)F)cc3)c3nccnc3c2C(O)CO)C1. The number of hydrogen-bond acceptors (Lipinski definition) is 6. The van der Waals surface area contributed by atoms with Crippen molar-refractivity contribution < 1.29 is 38.0 Å². The minimum absolute atomic E-state index is 0.198. The van der Waals surface area contributed by atoms with E-state index in [4.69, 9.17) is 5.11 Å². The van der Waals surface area contributed by atoms with E-state index in [0.717, 1.165) is 0 Å². The summed E-state index contributed by atoms with van der Waals surface area (Å²) in [6.45, 7) is -0.176. The molecule has 2 aromatic carbocycles. The Kier molecular flexibility index (Phi) is 5.61. The first-order valence-electron chi connectivity index (χ1n) is 9.58. The van der Waals surface area contributed by atoms with Gasteiger partial charge < -0.3 is 25.0 Å². The first-order chi connectivity index (χ1) is 15.2. The number of alkyl halides is 3. The van der Waals surface area contributed by atoms with E-state index >= 15 is 0 Å². The number of ether oxygens (including phenoxy) is 1. The molecule has 3 N–H and O–H groups in total. The van der Waals surface area contributed by atoms with Crippen LogP contribution in [0.4, 0.5) is 18.0 Å². The van der Waals surface area contributed by atoms with Gasteiger partial charge in [-0.05, 0) is 29.3 Å². The number of halogens is 3. The van der Waals surface area contributed by atoms with Gasteiger partial charge in [0.05, 0.1) is 17.6 Å². The Bertz CT molecular complexity index is 1150. The lowest BCUT2D eigenvalue weighted by atomic mass is 9.83. The molecule has 0 saturated carbocycles. The van der Waals surface area contributed by atoms with Crippen LogP contribution < -0.4 is 4.74 Å². The van der Waals surface area contributed by atoms with Crippen molar-refractivity contribution in [1.29, 1.82) is 0 Å². The summed E-state index contributed by atoms with van der Waals surface area (Å²) in [5, 5.41) is 29.2. The monoisotopic (exact) mass is 449 g/mol. The molecule has 1 saturated heterocycles. The van der Waals surface area contributed by atoms with Crippen LogP contribution >= 0.6 is 0 Å². The highest BCUT2D eigenvalue weighted by Gasteiger charge is 2.35. The van der Waals surface area contributed by atoms with E-state index in [1.807, 2.05) is 0 Å². The van der Waals surface area contributed by atoms with Crippen molar-refractivity contribution in [2.45, 2.75) is 18.4 Å². The number of aliphatic hydroxyl groups excluding tert-OH is 2. The second-order valence-electron chi connectivity index (χ2n) is 7.34. The zero-order chi connectivity index (χ0) is 23.0. The van der Waals surface area contributed by atoms with Crippen LogP contribution in [0, 0.1) is 0 Å². The van der Waals surface area contributed by atoms with Gasteiger partial charge in [-0.3, -0.25) is 9.97 Å². The molecule has 3 aromatic rings. The Morgan fingerprint density at radius 2 is 1.78 bits per heavy atom. The van der Waals surface area contributed by atoms with Gasteiger partial charge in [0, 0.05) is 42.5 Å². The maximum absolute atomic E-state index is 12.5. The van der Waals surface area contributed by atoms with Crippen molar-refractivity contribution in [3.8, 4) is 16.9 Å². The minimum atomic E-state index is -4.81. The molecule has 1 aliphatic heterocycles. The van der Waals surface area contributed by atoms with Gasteiger partial charge in [0.15, 0.2) is 0 Å². The van der Waals surface area contributed by atoms with E-state index in [-0.39, 0.29) is 24.8 Å². The third-order valence-corrected chi connectivity index (χ3v) is 5.32. The molecule has 0 aliphatic carbocycles. The number of amides is 1. The Morgan fingerprint density at radius 3 is 2.34 bits per heavy atom. The van der Waals surface area contributed by atoms with Gasteiger partial charge in [0.2, 0.25) is 0 Å². The smallest absolute Gasteiger partial charge is 0.465 e. The lowest BCUT2D eigenvalue weighted by Gasteiger charge is -2.39. The second-order valence-corrected chi connectivity index (χ2v) is 7.34. The number of aliphatic hydroxyl groups is 2. The van der Waals surface area contributed by atoms with Crippen molar-refractivity contribution >= 4 is 17.1 Å². The number of carboxylic acid groups (broad SMARTS) is 1. The minimum Gasteiger partial charge on any atom is -0.465 e. The Hall–Kier alpha value is -3.44. The van der Waals surface area contributed by atoms with E-state index in [1.54, 1.807) is 6.07 Å². The molecular weight excluding hydrogens is 431 g/mol. The average Bonchev–Trinajstić information content (AvgIpc) is 2.70. The third-order valence-electron chi connectivity index (χ3n) is 5.32. The summed E-state index contributed by atoms with van der Waals surface area (Å²) in [5.41, 5.74) is 2.74. The van der Waals surface area contributed by atoms with Crippen LogP contribution in [0.5, 0.6) is 5.75 Å². The van der Waals surface area contributed by atoms with Crippen LogP contribution in [-0.4, -0.2) is 62.3 Å². The predicted molar refractivity (Wildman–Crippen MR) is 106 cm³/mol. The highest BCUT2D eigenvalue weighted by atomic mass is 19.4. The summed E-state index contributed by atoms with van der Waals surface area (Å²) in [7, 11) is 0. The van der Waals surface area contributed by atoms with Crippen molar-refractivity contribution in [3.05, 3.63) is 53.9 Å². The van der Waals surface area contributed by atoms with Crippen LogP contribution in [0.25, 0.3) is 22.2 Å². The van der Waals surface area contributed by atoms with Crippen LogP contribution in [0.1, 0.15) is 23.1 Å². The van der Waals surface area contributed by atoms with Crippen molar-refractivity contribution in [3.63, 3.8) is 0 Å². The number of benzene rings is 2. The molecule has 1 fully saturated rings. The largest absolute Gasteiger partial charge is 0.573 e. The molecule has 1 unspecified atom stereocenters. The standard InChI is InChI=1S/C21H18F3N3O5/c22-21(23,24)32-13-3-1-11(2-4-13)15-7-14(12-8-27(9-12)20(30)31)17(16(29)10-28)19-18(15)25-5-6-26-19/h1-7,12,16,28-29H,8-10H2,(H,30,31).